The fourth-order valence-corrected chi connectivity index (χ4v) is 1.08. The van der Waals surface area contributed by atoms with Crippen LogP contribution in [-0.4, -0.2) is 4.89 Å². The number of rotatable bonds is 3. The average molecular weight is 205 g/mol. The lowest BCUT2D eigenvalue weighted by atomic mass is 10.2. The maximum atomic E-state index is 12.4. The van der Waals surface area contributed by atoms with E-state index in [4.69, 9.17) is 10.4 Å². The van der Waals surface area contributed by atoms with Crippen LogP contribution in [0.4, 0.5) is 4.39 Å². The Morgan fingerprint density at radius 3 is 2.46 bits per heavy atom. The molecule has 0 aromatic heterocycles. The second-order valence-electron chi connectivity index (χ2n) is 2.46. The van der Waals surface area contributed by atoms with Crippen molar-refractivity contribution >= 4 is 7.75 Å². The Hall–Kier alpha value is -0.740. The average Bonchev–Trinajstić information content (AvgIpc) is 2.02. The molecule has 0 bridgehead atoms. The third kappa shape index (κ3) is 4.15. The van der Waals surface area contributed by atoms with E-state index >= 15 is 0 Å². The van der Waals surface area contributed by atoms with Gasteiger partial charge in [-0.3, -0.25) is 4.52 Å². The van der Waals surface area contributed by atoms with E-state index in [1.165, 1.54) is 24.3 Å². The summed E-state index contributed by atoms with van der Waals surface area (Å²) in [5, 5.41) is 0. The Balaban J connectivity index is 2.56. The first-order valence-electron chi connectivity index (χ1n) is 3.48. The zero-order valence-corrected chi connectivity index (χ0v) is 7.58. The summed E-state index contributed by atoms with van der Waals surface area (Å²) in [5.74, 6) is -0.372. The molecule has 4 nitrogen and oxygen atoms in total. The van der Waals surface area contributed by atoms with Crippen molar-refractivity contribution in [2.45, 2.75) is 6.61 Å². The summed E-state index contributed by atoms with van der Waals surface area (Å²) in [6.07, 6.45) is 0. The Morgan fingerprint density at radius 1 is 1.46 bits per heavy atom. The summed E-state index contributed by atoms with van der Waals surface area (Å²) in [6, 6.07) is 5.37. The van der Waals surface area contributed by atoms with Crippen LogP contribution in [0.15, 0.2) is 24.3 Å². The van der Waals surface area contributed by atoms with Crippen molar-refractivity contribution in [1.82, 2.24) is 0 Å². The molecule has 1 atom stereocenters. The van der Waals surface area contributed by atoms with Gasteiger partial charge in [0.2, 0.25) is 0 Å². The highest BCUT2D eigenvalue weighted by atomic mass is 31.2. The smallest absolute Gasteiger partial charge is 0.313 e. The lowest BCUT2D eigenvalue weighted by Gasteiger charge is -2.05. The minimum Gasteiger partial charge on any atom is -0.313 e. The van der Waals surface area contributed by atoms with E-state index in [0.29, 0.717) is 5.56 Å². The third-order valence-electron chi connectivity index (χ3n) is 1.33. The van der Waals surface area contributed by atoms with Crippen molar-refractivity contribution in [2.75, 3.05) is 0 Å². The summed E-state index contributed by atoms with van der Waals surface area (Å²) in [4.78, 5) is 8.57. The molecule has 1 rings (SSSR count). The molecule has 0 aliphatic carbocycles. The van der Waals surface area contributed by atoms with Gasteiger partial charge in [0.1, 0.15) is 5.82 Å². The summed E-state index contributed by atoms with van der Waals surface area (Å²) in [5.41, 5.74) is 5.31. The lowest BCUT2D eigenvalue weighted by molar-refractivity contribution is 0.251. The van der Waals surface area contributed by atoms with Gasteiger partial charge in [-0.2, -0.15) is 0 Å². The second-order valence-corrected chi connectivity index (χ2v) is 3.85. The molecule has 0 amide bonds. The molecule has 1 unspecified atom stereocenters. The quantitative estimate of drug-likeness (QED) is 0.731. The van der Waals surface area contributed by atoms with Crippen LogP contribution in [0.3, 0.4) is 0 Å². The van der Waals surface area contributed by atoms with Crippen LogP contribution >= 0.6 is 7.75 Å². The van der Waals surface area contributed by atoms with Gasteiger partial charge in [0.05, 0.1) is 6.61 Å². The minimum atomic E-state index is -3.94. The number of hydrogen-bond acceptors (Lipinski definition) is 2. The molecule has 0 saturated heterocycles. The Bertz CT molecular complexity index is 321. The first kappa shape index (κ1) is 10.3. The van der Waals surface area contributed by atoms with Crippen LogP contribution in [0.1, 0.15) is 5.56 Å². The highest BCUT2D eigenvalue weighted by Crippen LogP contribution is 2.32. The molecule has 6 heteroatoms. The summed E-state index contributed by atoms with van der Waals surface area (Å²) < 4.78 is 27.3. The van der Waals surface area contributed by atoms with Crippen molar-refractivity contribution in [2.24, 2.45) is 5.50 Å². The Kier molecular flexibility index (Phi) is 3.17. The third-order valence-corrected chi connectivity index (χ3v) is 1.83. The largest absolute Gasteiger partial charge is 0.400 e. The molecule has 3 N–H and O–H groups in total. The molecule has 13 heavy (non-hydrogen) atoms. The van der Waals surface area contributed by atoms with Crippen LogP contribution in [0.25, 0.3) is 0 Å². The molecule has 0 spiro atoms. The summed E-state index contributed by atoms with van der Waals surface area (Å²) in [7, 11) is -3.94. The van der Waals surface area contributed by atoms with E-state index in [-0.39, 0.29) is 12.4 Å². The molecule has 0 radical (unpaired) electrons. The zero-order valence-electron chi connectivity index (χ0n) is 6.68. The number of hydrogen-bond donors (Lipinski definition) is 2. The van der Waals surface area contributed by atoms with Crippen LogP contribution in [0.5, 0.6) is 0 Å². The molecule has 72 valence electrons. The van der Waals surface area contributed by atoms with Gasteiger partial charge in [0.15, 0.2) is 0 Å². The molecule has 0 fully saturated rings. The van der Waals surface area contributed by atoms with Crippen molar-refractivity contribution in [3.63, 3.8) is 0 Å². The molecule has 1 aromatic carbocycles. The van der Waals surface area contributed by atoms with Gasteiger partial charge in [0.25, 0.3) is 0 Å². The topological polar surface area (TPSA) is 72.6 Å². The lowest BCUT2D eigenvalue weighted by Crippen LogP contribution is -1.98. The van der Waals surface area contributed by atoms with Crippen LogP contribution in [0, 0.1) is 5.82 Å². The fourth-order valence-electron chi connectivity index (χ4n) is 0.748. The second kappa shape index (κ2) is 3.98. The van der Waals surface area contributed by atoms with E-state index in [0.717, 1.165) is 0 Å². The Labute approximate surface area is 74.7 Å². The van der Waals surface area contributed by atoms with Crippen molar-refractivity contribution in [3.8, 4) is 0 Å². The predicted molar refractivity (Wildman–Crippen MR) is 45.2 cm³/mol. The van der Waals surface area contributed by atoms with Gasteiger partial charge in [-0.05, 0) is 17.7 Å². The van der Waals surface area contributed by atoms with E-state index in [9.17, 15) is 8.96 Å². The fraction of sp³-hybridized carbons (Fsp3) is 0.143. The van der Waals surface area contributed by atoms with Crippen LogP contribution in [0.2, 0.25) is 0 Å². The zero-order chi connectivity index (χ0) is 9.90. The standard InChI is InChI=1S/C7H9FNO3P/c8-7-3-1-6(2-4-7)5-12-13(9,10)11/h1-4H,5H2,(H3,9,10,11). The van der Waals surface area contributed by atoms with Gasteiger partial charge in [-0.25, -0.2) is 14.5 Å². The Morgan fingerprint density at radius 2 is 2.00 bits per heavy atom. The van der Waals surface area contributed by atoms with E-state index < -0.39 is 7.75 Å². The van der Waals surface area contributed by atoms with Gasteiger partial charge >= 0.3 is 7.75 Å². The molecular formula is C7H9FNO3P. The SMILES string of the molecule is NP(=O)(O)OCc1ccc(F)cc1. The molecule has 0 aliphatic heterocycles. The minimum absolute atomic E-state index is 0.107. The maximum absolute atomic E-state index is 12.4. The van der Waals surface area contributed by atoms with E-state index in [2.05, 4.69) is 4.52 Å². The van der Waals surface area contributed by atoms with Crippen LogP contribution < -0.4 is 5.50 Å². The maximum Gasteiger partial charge on any atom is 0.400 e. The predicted octanol–water partition coefficient (Wildman–Crippen LogP) is 1.40. The monoisotopic (exact) mass is 205 g/mol. The molecule has 0 heterocycles. The highest BCUT2D eigenvalue weighted by Gasteiger charge is 2.10. The van der Waals surface area contributed by atoms with Gasteiger partial charge in [-0.1, -0.05) is 12.1 Å². The first-order valence-corrected chi connectivity index (χ1v) is 5.12. The van der Waals surface area contributed by atoms with Crippen molar-refractivity contribution in [3.05, 3.63) is 35.6 Å². The van der Waals surface area contributed by atoms with Crippen molar-refractivity contribution in [1.29, 1.82) is 0 Å². The first-order chi connectivity index (χ1) is 5.97. The van der Waals surface area contributed by atoms with Gasteiger partial charge in [0, 0.05) is 0 Å². The van der Waals surface area contributed by atoms with Crippen molar-refractivity contribution < 1.29 is 18.4 Å². The molecular weight excluding hydrogens is 196 g/mol. The summed E-state index contributed by atoms with van der Waals surface area (Å²) >= 11 is 0. The number of nitrogens with two attached hydrogens (primary N) is 1. The van der Waals surface area contributed by atoms with E-state index in [1.54, 1.807) is 0 Å². The molecule has 1 aromatic rings. The normalized spacial score (nSPS) is 15.3. The number of benzene rings is 1. The highest BCUT2D eigenvalue weighted by molar-refractivity contribution is 7.50. The molecule has 0 aliphatic rings. The van der Waals surface area contributed by atoms with Crippen LogP contribution in [-0.2, 0) is 15.7 Å². The van der Waals surface area contributed by atoms with Gasteiger partial charge < -0.3 is 4.89 Å². The molecule has 0 saturated carbocycles. The van der Waals surface area contributed by atoms with Gasteiger partial charge in [-0.15, -0.1) is 0 Å². The van der Waals surface area contributed by atoms with E-state index in [1.807, 2.05) is 0 Å². The number of halogens is 1. The summed E-state index contributed by atoms with van der Waals surface area (Å²) in [6.45, 7) is -0.107.